The number of rotatable bonds is 6. The van der Waals surface area contributed by atoms with E-state index in [1.54, 1.807) is 5.57 Å². The maximum absolute atomic E-state index is 10.5. The van der Waals surface area contributed by atoms with Crippen LogP contribution in [-0.4, -0.2) is 22.9 Å². The minimum atomic E-state index is -0.357. The van der Waals surface area contributed by atoms with E-state index in [0.717, 1.165) is 48.5 Å². The molecule has 0 bridgehead atoms. The molecule has 164 valence electrons. The van der Waals surface area contributed by atoms with E-state index in [4.69, 9.17) is 5.11 Å². The fourth-order valence-electron chi connectivity index (χ4n) is 6.94. The van der Waals surface area contributed by atoms with Crippen LogP contribution in [0.25, 0.3) is 0 Å². The normalized spacial score (nSPS) is 38.2. The van der Waals surface area contributed by atoms with Crippen LogP contribution in [0.3, 0.4) is 0 Å². The lowest BCUT2D eigenvalue weighted by molar-refractivity contribution is 0.0893. The zero-order valence-corrected chi connectivity index (χ0v) is 19.3. The molecule has 0 radical (unpaired) electrons. The Hall–Kier alpha value is -0.860. The maximum Gasteiger partial charge on any atom is 0.0787 e. The van der Waals surface area contributed by atoms with Gasteiger partial charge < -0.3 is 10.2 Å². The standard InChI is InChI=1S/C27H44O2/c1-19(2)17-20(3)24-13-14-25-22(7-5-15-27(24,25)4)11-9-21-10-12-23(8-6-16-28)26(29)18-21/h8-9,11,19-20,24-26,28-29H,5-7,10,12-18H2,1-4H3/b21-9-,22-11+,23-8+/t20-,24?,25?,26+,27+/m0/s1. The lowest BCUT2D eigenvalue weighted by Crippen LogP contribution is -2.36. The van der Waals surface area contributed by atoms with Gasteiger partial charge in [-0.2, -0.15) is 0 Å². The first-order valence-corrected chi connectivity index (χ1v) is 12.2. The molecule has 0 aliphatic heterocycles. The molecule has 2 N–H and O–H groups in total. The second-order valence-corrected chi connectivity index (χ2v) is 10.8. The van der Waals surface area contributed by atoms with Gasteiger partial charge in [-0.05, 0) is 98.9 Å². The van der Waals surface area contributed by atoms with Crippen molar-refractivity contribution in [1.29, 1.82) is 0 Å². The van der Waals surface area contributed by atoms with E-state index >= 15 is 0 Å². The predicted molar refractivity (Wildman–Crippen MR) is 123 cm³/mol. The molecule has 3 aliphatic rings. The van der Waals surface area contributed by atoms with Gasteiger partial charge in [-0.25, -0.2) is 0 Å². The van der Waals surface area contributed by atoms with Crippen LogP contribution in [-0.2, 0) is 0 Å². The molecule has 29 heavy (non-hydrogen) atoms. The molecule has 3 saturated carbocycles. The Kier molecular flexibility index (Phi) is 7.84. The Balaban J connectivity index is 1.69. The number of hydrogen-bond acceptors (Lipinski definition) is 2. The first-order valence-electron chi connectivity index (χ1n) is 12.2. The summed E-state index contributed by atoms with van der Waals surface area (Å²) in [5.41, 5.74) is 4.68. The second-order valence-electron chi connectivity index (χ2n) is 10.8. The Morgan fingerprint density at radius 1 is 1.07 bits per heavy atom. The summed E-state index contributed by atoms with van der Waals surface area (Å²) in [6.45, 7) is 10.00. The molecule has 0 aromatic carbocycles. The zero-order valence-electron chi connectivity index (χ0n) is 19.3. The minimum absolute atomic E-state index is 0.169. The summed E-state index contributed by atoms with van der Waals surface area (Å²) >= 11 is 0. The van der Waals surface area contributed by atoms with E-state index in [1.165, 1.54) is 44.1 Å². The summed E-state index contributed by atoms with van der Waals surface area (Å²) in [7, 11) is 0. The van der Waals surface area contributed by atoms with Crippen molar-refractivity contribution in [2.24, 2.45) is 29.1 Å². The van der Waals surface area contributed by atoms with E-state index in [1.807, 2.05) is 6.08 Å². The summed E-state index contributed by atoms with van der Waals surface area (Å²) < 4.78 is 0. The van der Waals surface area contributed by atoms with Gasteiger partial charge >= 0.3 is 0 Å². The van der Waals surface area contributed by atoms with Gasteiger partial charge in [-0.3, -0.25) is 0 Å². The lowest BCUT2D eigenvalue weighted by atomic mass is 9.60. The first kappa shape index (κ1) is 22.8. The van der Waals surface area contributed by atoms with Crippen LogP contribution in [0.4, 0.5) is 0 Å². The predicted octanol–water partition coefficient (Wildman–Crippen LogP) is 6.59. The van der Waals surface area contributed by atoms with Gasteiger partial charge in [-0.1, -0.05) is 57.1 Å². The molecule has 0 saturated heterocycles. The van der Waals surface area contributed by atoms with E-state index in [9.17, 15) is 5.11 Å². The van der Waals surface area contributed by atoms with Crippen molar-refractivity contribution in [3.63, 3.8) is 0 Å². The lowest BCUT2D eigenvalue weighted by Gasteiger charge is -2.44. The number of allylic oxidation sites excluding steroid dienone is 3. The molecule has 2 heteroatoms. The van der Waals surface area contributed by atoms with Crippen LogP contribution in [0, 0.1) is 29.1 Å². The molecular weight excluding hydrogens is 356 g/mol. The first-order chi connectivity index (χ1) is 13.8. The smallest absolute Gasteiger partial charge is 0.0787 e. The number of aliphatic hydroxyl groups is 2. The van der Waals surface area contributed by atoms with Crippen molar-refractivity contribution in [1.82, 2.24) is 0 Å². The molecule has 0 aromatic heterocycles. The van der Waals surface area contributed by atoms with Crippen LogP contribution in [0.1, 0.15) is 91.9 Å². The van der Waals surface area contributed by atoms with Crippen LogP contribution >= 0.6 is 0 Å². The van der Waals surface area contributed by atoms with Crippen LogP contribution < -0.4 is 0 Å². The maximum atomic E-state index is 10.5. The Morgan fingerprint density at radius 3 is 2.55 bits per heavy atom. The molecule has 3 rings (SSSR count). The largest absolute Gasteiger partial charge is 0.396 e. The van der Waals surface area contributed by atoms with E-state index in [-0.39, 0.29) is 12.7 Å². The number of hydrogen-bond donors (Lipinski definition) is 2. The van der Waals surface area contributed by atoms with Crippen molar-refractivity contribution in [3.8, 4) is 0 Å². The number of fused-ring (bicyclic) bond motifs is 1. The molecule has 3 fully saturated rings. The molecule has 3 aliphatic carbocycles. The van der Waals surface area contributed by atoms with Gasteiger partial charge in [0.25, 0.3) is 0 Å². The van der Waals surface area contributed by atoms with Crippen molar-refractivity contribution >= 4 is 0 Å². The van der Waals surface area contributed by atoms with E-state index in [0.29, 0.717) is 11.8 Å². The van der Waals surface area contributed by atoms with E-state index < -0.39 is 0 Å². The van der Waals surface area contributed by atoms with Gasteiger partial charge in [0.15, 0.2) is 0 Å². The minimum Gasteiger partial charge on any atom is -0.396 e. The van der Waals surface area contributed by atoms with Crippen molar-refractivity contribution in [2.45, 2.75) is 98.0 Å². The summed E-state index contributed by atoms with van der Waals surface area (Å²) in [6, 6.07) is 0. The fourth-order valence-corrected chi connectivity index (χ4v) is 6.94. The monoisotopic (exact) mass is 400 g/mol. The third-order valence-electron chi connectivity index (χ3n) is 8.26. The quantitative estimate of drug-likeness (QED) is 0.494. The SMILES string of the molecule is CC(C)C[C@H](C)C1CCC2/C(=C/C=C3/CC/C(=C\CCO)[C@H](O)C3)CCC[C@@]21C. The average molecular weight is 401 g/mol. The van der Waals surface area contributed by atoms with Crippen LogP contribution in [0.2, 0.25) is 0 Å². The fraction of sp³-hybridized carbons (Fsp3) is 0.778. The molecule has 5 atom stereocenters. The summed E-state index contributed by atoms with van der Waals surface area (Å²) in [6.07, 6.45) is 18.0. The molecular formula is C27H44O2. The summed E-state index contributed by atoms with van der Waals surface area (Å²) in [5, 5.41) is 19.5. The van der Waals surface area contributed by atoms with Gasteiger partial charge in [0.05, 0.1) is 6.10 Å². The summed E-state index contributed by atoms with van der Waals surface area (Å²) in [4.78, 5) is 0. The highest BCUT2D eigenvalue weighted by Crippen LogP contribution is 2.60. The molecule has 2 nitrogen and oxygen atoms in total. The van der Waals surface area contributed by atoms with Gasteiger partial charge in [0.2, 0.25) is 0 Å². The Labute approximate surface area is 179 Å². The van der Waals surface area contributed by atoms with Gasteiger partial charge in [0.1, 0.15) is 0 Å². The highest BCUT2D eigenvalue weighted by atomic mass is 16.3. The third kappa shape index (κ3) is 5.25. The summed E-state index contributed by atoms with van der Waals surface area (Å²) in [5.74, 6) is 3.27. The Morgan fingerprint density at radius 2 is 1.86 bits per heavy atom. The second kappa shape index (κ2) is 9.96. The number of aliphatic hydroxyl groups excluding tert-OH is 2. The topological polar surface area (TPSA) is 40.5 Å². The molecule has 0 spiro atoms. The molecule has 2 unspecified atom stereocenters. The van der Waals surface area contributed by atoms with Crippen LogP contribution in [0.5, 0.6) is 0 Å². The molecule has 0 heterocycles. The van der Waals surface area contributed by atoms with Crippen molar-refractivity contribution in [2.75, 3.05) is 6.61 Å². The zero-order chi connectivity index (χ0) is 21.0. The third-order valence-corrected chi connectivity index (χ3v) is 8.26. The Bertz CT molecular complexity index is 641. The van der Waals surface area contributed by atoms with Gasteiger partial charge in [0, 0.05) is 6.61 Å². The highest BCUT2D eigenvalue weighted by Gasteiger charge is 2.50. The molecule has 0 aromatic rings. The van der Waals surface area contributed by atoms with Crippen molar-refractivity contribution in [3.05, 3.63) is 34.9 Å². The van der Waals surface area contributed by atoms with E-state index in [2.05, 4.69) is 39.8 Å². The highest BCUT2D eigenvalue weighted by molar-refractivity contribution is 5.28. The van der Waals surface area contributed by atoms with Crippen molar-refractivity contribution < 1.29 is 10.2 Å². The average Bonchev–Trinajstić information content (AvgIpc) is 3.02. The molecule has 0 amide bonds. The van der Waals surface area contributed by atoms with Crippen LogP contribution in [0.15, 0.2) is 34.9 Å². The van der Waals surface area contributed by atoms with Gasteiger partial charge in [-0.15, -0.1) is 0 Å².